The molecule has 2 nitrogen and oxygen atoms in total. The molecule has 2 rings (SSSR count). The number of rotatable bonds is 5. The zero-order valence-electron chi connectivity index (χ0n) is 10.3. The maximum atomic E-state index is 6.11. The number of benzene rings is 1. The van der Waals surface area contributed by atoms with Crippen molar-refractivity contribution >= 4 is 0 Å². The van der Waals surface area contributed by atoms with Gasteiger partial charge >= 0.3 is 0 Å². The summed E-state index contributed by atoms with van der Waals surface area (Å²) < 4.78 is 6.11. The van der Waals surface area contributed by atoms with Crippen molar-refractivity contribution in [2.45, 2.75) is 38.4 Å². The van der Waals surface area contributed by atoms with Crippen molar-refractivity contribution in [1.82, 2.24) is 5.32 Å². The number of nitrogens with one attached hydrogen (secondary N) is 1. The molecule has 16 heavy (non-hydrogen) atoms. The molecule has 0 bridgehead atoms. The van der Waals surface area contributed by atoms with Crippen LogP contribution in [0.4, 0.5) is 0 Å². The normalized spacial score (nSPS) is 23.4. The van der Waals surface area contributed by atoms with E-state index in [0.29, 0.717) is 0 Å². The summed E-state index contributed by atoms with van der Waals surface area (Å²) in [5, 5.41) is 3.23. The Balaban J connectivity index is 2.27. The molecular formula is C14H21NO. The molecule has 0 radical (unpaired) electrons. The maximum Gasteiger partial charge on any atom is 0.0951 e. The van der Waals surface area contributed by atoms with Crippen LogP contribution < -0.4 is 5.32 Å². The molecule has 0 spiro atoms. The minimum absolute atomic E-state index is 0.0334. The van der Waals surface area contributed by atoms with E-state index in [4.69, 9.17) is 4.74 Å². The molecule has 0 saturated heterocycles. The second kappa shape index (κ2) is 4.98. The van der Waals surface area contributed by atoms with E-state index >= 15 is 0 Å². The van der Waals surface area contributed by atoms with Crippen LogP contribution in [0, 0.1) is 0 Å². The largest absolute Gasteiger partial charge is 0.366 e. The number of hydrogen-bond donors (Lipinski definition) is 1. The van der Waals surface area contributed by atoms with E-state index in [9.17, 15) is 0 Å². The highest BCUT2D eigenvalue weighted by molar-refractivity contribution is 5.35. The van der Waals surface area contributed by atoms with Crippen LogP contribution in [0.3, 0.4) is 0 Å². The van der Waals surface area contributed by atoms with Crippen LogP contribution in [0.25, 0.3) is 0 Å². The van der Waals surface area contributed by atoms with Crippen LogP contribution >= 0.6 is 0 Å². The van der Waals surface area contributed by atoms with Crippen LogP contribution in [0.1, 0.15) is 37.3 Å². The van der Waals surface area contributed by atoms with Gasteiger partial charge in [0, 0.05) is 0 Å². The second-order valence-corrected chi connectivity index (χ2v) is 4.54. The molecule has 0 saturated carbocycles. The summed E-state index contributed by atoms with van der Waals surface area (Å²) in [6.07, 6.45) is 3.35. The monoisotopic (exact) mass is 219 g/mol. The highest BCUT2D eigenvalue weighted by Crippen LogP contribution is 2.42. The van der Waals surface area contributed by atoms with Crippen LogP contribution in [-0.2, 0) is 16.9 Å². The van der Waals surface area contributed by atoms with E-state index < -0.39 is 0 Å². The lowest BCUT2D eigenvalue weighted by Gasteiger charge is -2.29. The Labute approximate surface area is 98.0 Å². The first-order valence-corrected chi connectivity index (χ1v) is 6.19. The van der Waals surface area contributed by atoms with Gasteiger partial charge in [-0.3, -0.25) is 0 Å². The Bertz CT molecular complexity index is 346. The molecule has 88 valence electrons. The molecule has 0 amide bonds. The lowest BCUT2D eigenvalue weighted by molar-refractivity contribution is -0.0505. The van der Waals surface area contributed by atoms with Crippen LogP contribution in [0.5, 0.6) is 0 Å². The minimum atomic E-state index is -0.0334. The molecule has 1 N–H and O–H groups in total. The van der Waals surface area contributed by atoms with Gasteiger partial charge in [0.15, 0.2) is 0 Å². The van der Waals surface area contributed by atoms with Gasteiger partial charge < -0.3 is 10.1 Å². The smallest absolute Gasteiger partial charge is 0.0951 e. The highest BCUT2D eigenvalue weighted by atomic mass is 16.5. The fraction of sp³-hybridized carbons (Fsp3) is 0.571. The number of hydrogen-bond acceptors (Lipinski definition) is 2. The van der Waals surface area contributed by atoms with Crippen LogP contribution in [0.15, 0.2) is 24.3 Å². The van der Waals surface area contributed by atoms with Gasteiger partial charge in [-0.15, -0.1) is 0 Å². The lowest BCUT2D eigenvalue weighted by Crippen LogP contribution is -2.29. The van der Waals surface area contributed by atoms with Crippen molar-refractivity contribution in [2.24, 2.45) is 0 Å². The Kier molecular flexibility index (Phi) is 3.62. The van der Waals surface area contributed by atoms with Crippen molar-refractivity contribution in [3.8, 4) is 0 Å². The van der Waals surface area contributed by atoms with Crippen molar-refractivity contribution in [3.63, 3.8) is 0 Å². The Hall–Kier alpha value is -0.860. The van der Waals surface area contributed by atoms with Crippen molar-refractivity contribution in [2.75, 3.05) is 13.6 Å². The van der Waals surface area contributed by atoms with E-state index in [1.165, 1.54) is 11.1 Å². The van der Waals surface area contributed by atoms with Gasteiger partial charge in [0.05, 0.1) is 12.2 Å². The van der Waals surface area contributed by atoms with E-state index in [-0.39, 0.29) is 5.60 Å². The van der Waals surface area contributed by atoms with Gasteiger partial charge in [0.2, 0.25) is 0 Å². The molecule has 1 aromatic rings. The van der Waals surface area contributed by atoms with E-state index in [2.05, 4.69) is 36.5 Å². The van der Waals surface area contributed by atoms with Gasteiger partial charge in [-0.25, -0.2) is 0 Å². The summed E-state index contributed by atoms with van der Waals surface area (Å²) in [6.45, 7) is 4.01. The zero-order valence-corrected chi connectivity index (χ0v) is 10.3. The predicted octanol–water partition coefficient (Wildman–Crippen LogP) is 2.82. The van der Waals surface area contributed by atoms with E-state index in [1.807, 2.05) is 7.05 Å². The molecule has 1 unspecified atom stereocenters. The average molecular weight is 219 g/mol. The topological polar surface area (TPSA) is 21.3 Å². The molecule has 0 aliphatic carbocycles. The first-order chi connectivity index (χ1) is 7.82. The summed E-state index contributed by atoms with van der Waals surface area (Å²) >= 11 is 0. The Morgan fingerprint density at radius 2 is 2.12 bits per heavy atom. The Morgan fingerprint density at radius 3 is 2.88 bits per heavy atom. The fourth-order valence-electron chi connectivity index (χ4n) is 2.65. The molecular weight excluding hydrogens is 198 g/mol. The van der Waals surface area contributed by atoms with Gasteiger partial charge in [-0.1, -0.05) is 37.6 Å². The van der Waals surface area contributed by atoms with Crippen molar-refractivity contribution in [3.05, 3.63) is 35.4 Å². The molecule has 0 aromatic heterocycles. The molecule has 2 heteroatoms. The summed E-state index contributed by atoms with van der Waals surface area (Å²) in [5.41, 5.74) is 2.74. The van der Waals surface area contributed by atoms with Gasteiger partial charge in [-0.2, -0.15) is 0 Å². The third kappa shape index (κ3) is 2.00. The number of ether oxygens (including phenoxy) is 1. The minimum Gasteiger partial charge on any atom is -0.366 e. The quantitative estimate of drug-likeness (QED) is 0.822. The summed E-state index contributed by atoms with van der Waals surface area (Å²) in [4.78, 5) is 0. The molecule has 0 fully saturated rings. The van der Waals surface area contributed by atoms with Crippen molar-refractivity contribution < 1.29 is 4.74 Å². The summed E-state index contributed by atoms with van der Waals surface area (Å²) in [7, 11) is 2.00. The second-order valence-electron chi connectivity index (χ2n) is 4.54. The van der Waals surface area contributed by atoms with Crippen LogP contribution in [-0.4, -0.2) is 13.6 Å². The zero-order chi connectivity index (χ0) is 11.4. The van der Waals surface area contributed by atoms with Gasteiger partial charge in [0.25, 0.3) is 0 Å². The van der Waals surface area contributed by atoms with Crippen molar-refractivity contribution in [1.29, 1.82) is 0 Å². The fourth-order valence-corrected chi connectivity index (χ4v) is 2.65. The maximum absolute atomic E-state index is 6.11. The average Bonchev–Trinajstić information content (AvgIpc) is 2.68. The first kappa shape index (κ1) is 11.6. The number of fused-ring (bicyclic) bond motifs is 1. The summed E-state index contributed by atoms with van der Waals surface area (Å²) in [5.74, 6) is 0. The summed E-state index contributed by atoms with van der Waals surface area (Å²) in [6, 6.07) is 8.64. The SMILES string of the molecule is CCCC1(CCNC)OCc2ccccc21. The Morgan fingerprint density at radius 1 is 1.31 bits per heavy atom. The highest BCUT2D eigenvalue weighted by Gasteiger charge is 2.38. The van der Waals surface area contributed by atoms with Gasteiger partial charge in [-0.05, 0) is 37.6 Å². The predicted molar refractivity (Wildman–Crippen MR) is 66.4 cm³/mol. The lowest BCUT2D eigenvalue weighted by atomic mass is 9.85. The standard InChI is InChI=1S/C14H21NO/c1-3-8-14(9-10-15-2)13-7-5-4-6-12(13)11-16-14/h4-7,15H,3,8-11H2,1-2H3. The molecule has 1 aromatic carbocycles. The molecule has 1 atom stereocenters. The van der Waals surface area contributed by atoms with Gasteiger partial charge in [0.1, 0.15) is 0 Å². The third-order valence-electron chi connectivity index (χ3n) is 3.44. The van der Waals surface area contributed by atoms with Crippen LogP contribution in [0.2, 0.25) is 0 Å². The molecule has 1 aliphatic heterocycles. The van der Waals surface area contributed by atoms with E-state index in [1.54, 1.807) is 0 Å². The molecule has 1 aliphatic rings. The third-order valence-corrected chi connectivity index (χ3v) is 3.44. The van der Waals surface area contributed by atoms with E-state index in [0.717, 1.165) is 32.4 Å². The molecule has 1 heterocycles. The first-order valence-electron chi connectivity index (χ1n) is 6.19.